The molecule has 0 aromatic rings. The molecule has 1 N–H and O–H groups in total. The molecule has 0 saturated carbocycles. The maximum absolute atomic E-state index is 3.50. The van der Waals surface area contributed by atoms with Gasteiger partial charge in [-0.1, -0.05) is 0 Å². The largest absolute Gasteiger partial charge is 0.276 e. The van der Waals surface area contributed by atoms with Crippen LogP contribution in [-0.2, 0) is 0 Å². The second kappa shape index (κ2) is 2.51. The second-order valence-corrected chi connectivity index (χ2v) is 4.29. The summed E-state index contributed by atoms with van der Waals surface area (Å²) in [5, 5.41) is 3.50. The van der Waals surface area contributed by atoms with Crippen LogP contribution in [0.5, 0.6) is 0 Å². The average molecular weight is 155 g/mol. The molecular weight excluding hydrogens is 142 g/mol. The molecule has 0 aromatic heterocycles. The highest BCUT2D eigenvalue weighted by atomic mass is 32.1. The standard InChI is InChI=1S/C8H13NS/c1-6-7-4-2-3-5-8(9-6)10-7/h6,9H,2-5H2,1H3. The van der Waals surface area contributed by atoms with Gasteiger partial charge in [0.25, 0.3) is 0 Å². The molecular formula is C8H13NS. The van der Waals surface area contributed by atoms with Crippen LogP contribution in [0.4, 0.5) is 0 Å². The van der Waals surface area contributed by atoms with Crippen LogP contribution in [0.3, 0.4) is 0 Å². The van der Waals surface area contributed by atoms with Crippen molar-refractivity contribution >= 4 is 20.8 Å². The Labute approximate surface area is 65.4 Å². The van der Waals surface area contributed by atoms with Gasteiger partial charge < -0.3 is 0 Å². The quantitative estimate of drug-likeness (QED) is 0.524. The Morgan fingerprint density at radius 1 is 1.40 bits per heavy atom. The summed E-state index contributed by atoms with van der Waals surface area (Å²) in [5.41, 5.74) is 0. The smallest absolute Gasteiger partial charge is 0.0455 e. The molecule has 2 aliphatic rings. The Hall–Kier alpha value is -0.0800. The van der Waals surface area contributed by atoms with E-state index in [2.05, 4.69) is 12.2 Å². The SMILES string of the molecule is CC1NC2=S=C1CCCC2. The topological polar surface area (TPSA) is 12.0 Å². The van der Waals surface area contributed by atoms with E-state index in [4.69, 9.17) is 0 Å². The van der Waals surface area contributed by atoms with Crippen molar-refractivity contribution in [1.82, 2.24) is 5.32 Å². The minimum atomic E-state index is 0.653. The third-order valence-electron chi connectivity index (χ3n) is 2.19. The van der Waals surface area contributed by atoms with Crippen LogP contribution in [0.25, 0.3) is 0 Å². The highest BCUT2D eigenvalue weighted by molar-refractivity contribution is 7.98. The summed E-state index contributed by atoms with van der Waals surface area (Å²) in [4.78, 5) is 3.17. The van der Waals surface area contributed by atoms with Crippen molar-refractivity contribution in [2.45, 2.75) is 38.6 Å². The van der Waals surface area contributed by atoms with Gasteiger partial charge in [-0.25, -0.2) is 0 Å². The van der Waals surface area contributed by atoms with E-state index in [1.807, 2.05) is 10.9 Å². The predicted octanol–water partition coefficient (Wildman–Crippen LogP) is 1.59. The van der Waals surface area contributed by atoms with E-state index >= 15 is 0 Å². The van der Waals surface area contributed by atoms with Crippen molar-refractivity contribution in [3.63, 3.8) is 0 Å². The first-order valence-electron chi connectivity index (χ1n) is 4.02. The fourth-order valence-electron chi connectivity index (χ4n) is 1.57. The number of hydrogen-bond donors (Lipinski definition) is 1. The van der Waals surface area contributed by atoms with E-state index in [0.29, 0.717) is 6.04 Å². The lowest BCUT2D eigenvalue weighted by Gasteiger charge is -2.13. The number of hydrogen-bond acceptors (Lipinski definition) is 1. The van der Waals surface area contributed by atoms with Crippen molar-refractivity contribution in [1.29, 1.82) is 0 Å². The van der Waals surface area contributed by atoms with Gasteiger partial charge in [0.1, 0.15) is 0 Å². The molecule has 2 heterocycles. The summed E-state index contributed by atoms with van der Waals surface area (Å²) in [6.45, 7) is 2.26. The molecule has 0 spiro atoms. The molecule has 2 aliphatic heterocycles. The first-order chi connectivity index (χ1) is 4.86. The third kappa shape index (κ3) is 1.06. The predicted molar refractivity (Wildman–Crippen MR) is 48.7 cm³/mol. The van der Waals surface area contributed by atoms with Gasteiger partial charge in [0, 0.05) is 15.9 Å². The summed E-state index contributed by atoms with van der Waals surface area (Å²) in [5.74, 6) is 0. The van der Waals surface area contributed by atoms with Crippen molar-refractivity contribution in [3.8, 4) is 0 Å². The lowest BCUT2D eigenvalue weighted by Crippen LogP contribution is -2.33. The van der Waals surface area contributed by atoms with Crippen LogP contribution >= 0.6 is 10.9 Å². The van der Waals surface area contributed by atoms with Crippen LogP contribution in [0, 0.1) is 0 Å². The fourth-order valence-corrected chi connectivity index (χ4v) is 2.85. The lowest BCUT2D eigenvalue weighted by atomic mass is 10.1. The van der Waals surface area contributed by atoms with E-state index in [1.165, 1.54) is 30.7 Å². The number of rotatable bonds is 0. The molecule has 56 valence electrons. The fraction of sp³-hybridized carbons (Fsp3) is 0.750. The second-order valence-electron chi connectivity index (χ2n) is 3.06. The summed E-state index contributed by atoms with van der Waals surface area (Å²) in [6, 6.07) is 0.653. The zero-order chi connectivity index (χ0) is 6.97. The van der Waals surface area contributed by atoms with Gasteiger partial charge in [-0.05, 0) is 32.6 Å². The molecule has 10 heavy (non-hydrogen) atoms. The van der Waals surface area contributed by atoms with Crippen LogP contribution < -0.4 is 5.32 Å². The van der Waals surface area contributed by atoms with Gasteiger partial charge in [0.05, 0.1) is 0 Å². The maximum Gasteiger partial charge on any atom is 0.0455 e. The molecule has 2 heteroatoms. The molecule has 1 unspecified atom stereocenters. The molecule has 2 rings (SSSR count). The number of nitrogens with one attached hydrogen (secondary N) is 1. The Morgan fingerprint density at radius 3 is 3.10 bits per heavy atom. The van der Waals surface area contributed by atoms with Crippen molar-refractivity contribution in [2.24, 2.45) is 0 Å². The van der Waals surface area contributed by atoms with E-state index < -0.39 is 0 Å². The summed E-state index contributed by atoms with van der Waals surface area (Å²) < 4.78 is 0. The van der Waals surface area contributed by atoms with Crippen LogP contribution in [0.2, 0.25) is 0 Å². The molecule has 0 saturated heterocycles. The van der Waals surface area contributed by atoms with Gasteiger partial charge in [0.15, 0.2) is 0 Å². The molecule has 2 bridgehead atoms. The van der Waals surface area contributed by atoms with Gasteiger partial charge in [-0.15, -0.1) is 10.9 Å². The highest BCUT2D eigenvalue weighted by Crippen LogP contribution is 2.16. The van der Waals surface area contributed by atoms with Crippen LogP contribution in [0.1, 0.15) is 32.6 Å². The average Bonchev–Trinajstić information content (AvgIpc) is 2.18. The zero-order valence-electron chi connectivity index (χ0n) is 6.31. The molecule has 0 aromatic carbocycles. The minimum Gasteiger partial charge on any atom is -0.276 e. The van der Waals surface area contributed by atoms with Crippen molar-refractivity contribution in [2.75, 3.05) is 0 Å². The molecule has 0 amide bonds. The van der Waals surface area contributed by atoms with Gasteiger partial charge in [-0.2, -0.15) is 0 Å². The molecule has 1 atom stereocenters. The summed E-state index contributed by atoms with van der Waals surface area (Å²) >= 11 is 0. The van der Waals surface area contributed by atoms with Crippen LogP contribution in [0.15, 0.2) is 0 Å². The highest BCUT2D eigenvalue weighted by Gasteiger charge is 2.18. The van der Waals surface area contributed by atoms with Crippen molar-refractivity contribution in [3.05, 3.63) is 0 Å². The van der Waals surface area contributed by atoms with Crippen molar-refractivity contribution < 1.29 is 0 Å². The first kappa shape index (κ1) is 6.62. The molecule has 0 radical (unpaired) electrons. The lowest BCUT2D eigenvalue weighted by molar-refractivity contribution is 0.726. The van der Waals surface area contributed by atoms with Crippen LogP contribution in [-0.4, -0.2) is 15.9 Å². The molecule has 1 nitrogen and oxygen atoms in total. The zero-order valence-corrected chi connectivity index (χ0v) is 7.13. The molecule has 0 aliphatic carbocycles. The Kier molecular flexibility index (Phi) is 1.66. The Bertz CT molecular complexity index is 209. The van der Waals surface area contributed by atoms with E-state index in [-0.39, 0.29) is 0 Å². The van der Waals surface area contributed by atoms with Gasteiger partial charge in [-0.3, -0.25) is 5.32 Å². The summed E-state index contributed by atoms with van der Waals surface area (Å²) in [6.07, 6.45) is 5.41. The summed E-state index contributed by atoms with van der Waals surface area (Å²) in [7, 11) is 2.00. The monoisotopic (exact) mass is 155 g/mol. The molecule has 0 fully saturated rings. The van der Waals surface area contributed by atoms with Gasteiger partial charge in [0.2, 0.25) is 0 Å². The Balaban J connectivity index is 2.24. The van der Waals surface area contributed by atoms with E-state index in [1.54, 1.807) is 4.86 Å². The third-order valence-corrected chi connectivity index (χ3v) is 3.58. The van der Waals surface area contributed by atoms with E-state index in [0.717, 1.165) is 0 Å². The first-order valence-corrected chi connectivity index (χ1v) is 4.84. The normalized spacial score (nSPS) is 31.9. The van der Waals surface area contributed by atoms with Gasteiger partial charge >= 0.3 is 0 Å². The Morgan fingerprint density at radius 2 is 2.20 bits per heavy atom. The minimum absolute atomic E-state index is 0.653. The van der Waals surface area contributed by atoms with E-state index in [9.17, 15) is 0 Å². The maximum atomic E-state index is 3.50.